The van der Waals surface area contributed by atoms with Crippen molar-refractivity contribution in [3.05, 3.63) is 29.3 Å². The smallest absolute Gasteiger partial charge is 0.122 e. The number of benzene rings is 1. The SMILES string of the molecule is CCOc1ccc(CO)cc1C1CC1. The first-order valence-corrected chi connectivity index (χ1v) is 5.21. The van der Waals surface area contributed by atoms with Crippen molar-refractivity contribution in [3.63, 3.8) is 0 Å². The van der Waals surface area contributed by atoms with E-state index in [9.17, 15) is 0 Å². The van der Waals surface area contributed by atoms with E-state index in [1.807, 2.05) is 19.1 Å². The summed E-state index contributed by atoms with van der Waals surface area (Å²) in [5.74, 6) is 1.66. The minimum atomic E-state index is 0.117. The lowest BCUT2D eigenvalue weighted by molar-refractivity contribution is 0.281. The van der Waals surface area contributed by atoms with E-state index >= 15 is 0 Å². The molecule has 1 fully saturated rings. The van der Waals surface area contributed by atoms with Crippen molar-refractivity contribution in [1.82, 2.24) is 0 Å². The van der Waals surface area contributed by atoms with Crippen LogP contribution in [-0.2, 0) is 6.61 Å². The highest BCUT2D eigenvalue weighted by Gasteiger charge is 2.26. The monoisotopic (exact) mass is 192 g/mol. The summed E-state index contributed by atoms with van der Waals surface area (Å²) in [4.78, 5) is 0. The number of hydrogen-bond acceptors (Lipinski definition) is 2. The summed E-state index contributed by atoms with van der Waals surface area (Å²) in [7, 11) is 0. The molecule has 0 spiro atoms. The zero-order chi connectivity index (χ0) is 9.97. The molecule has 0 unspecified atom stereocenters. The molecule has 1 N–H and O–H groups in total. The third-order valence-corrected chi connectivity index (χ3v) is 2.57. The molecule has 0 heterocycles. The van der Waals surface area contributed by atoms with Gasteiger partial charge < -0.3 is 9.84 Å². The van der Waals surface area contributed by atoms with Crippen molar-refractivity contribution in [1.29, 1.82) is 0 Å². The van der Waals surface area contributed by atoms with Crippen LogP contribution in [0.25, 0.3) is 0 Å². The summed E-state index contributed by atoms with van der Waals surface area (Å²) in [6, 6.07) is 5.97. The molecule has 0 saturated heterocycles. The number of ether oxygens (including phenoxy) is 1. The molecule has 0 amide bonds. The van der Waals surface area contributed by atoms with Gasteiger partial charge in [-0.3, -0.25) is 0 Å². The molecule has 1 aliphatic rings. The van der Waals surface area contributed by atoms with Crippen LogP contribution in [0.15, 0.2) is 18.2 Å². The normalized spacial score (nSPS) is 15.6. The number of aliphatic hydroxyl groups is 1. The molecule has 1 aromatic rings. The van der Waals surface area contributed by atoms with Crippen molar-refractivity contribution < 1.29 is 9.84 Å². The van der Waals surface area contributed by atoms with E-state index in [-0.39, 0.29) is 6.61 Å². The molecule has 1 saturated carbocycles. The zero-order valence-electron chi connectivity index (χ0n) is 8.49. The van der Waals surface area contributed by atoms with Crippen LogP contribution in [0.3, 0.4) is 0 Å². The lowest BCUT2D eigenvalue weighted by atomic mass is 10.1. The van der Waals surface area contributed by atoms with Crippen LogP contribution >= 0.6 is 0 Å². The molecule has 2 nitrogen and oxygen atoms in total. The van der Waals surface area contributed by atoms with Crippen molar-refractivity contribution in [2.75, 3.05) is 6.61 Å². The second kappa shape index (κ2) is 4.01. The average molecular weight is 192 g/mol. The van der Waals surface area contributed by atoms with Crippen LogP contribution in [0.5, 0.6) is 5.75 Å². The Morgan fingerprint density at radius 3 is 2.79 bits per heavy atom. The predicted octanol–water partition coefficient (Wildman–Crippen LogP) is 2.46. The quantitative estimate of drug-likeness (QED) is 0.794. The Morgan fingerprint density at radius 1 is 1.43 bits per heavy atom. The molecule has 76 valence electrons. The number of rotatable bonds is 4. The number of hydrogen-bond donors (Lipinski definition) is 1. The van der Waals surface area contributed by atoms with E-state index in [1.165, 1.54) is 18.4 Å². The average Bonchev–Trinajstić information content (AvgIpc) is 3.02. The van der Waals surface area contributed by atoms with Gasteiger partial charge in [0.15, 0.2) is 0 Å². The molecule has 1 aromatic carbocycles. The topological polar surface area (TPSA) is 29.5 Å². The largest absolute Gasteiger partial charge is 0.494 e. The van der Waals surface area contributed by atoms with Crippen molar-refractivity contribution in [2.24, 2.45) is 0 Å². The van der Waals surface area contributed by atoms with Gasteiger partial charge in [0.05, 0.1) is 13.2 Å². The van der Waals surface area contributed by atoms with E-state index in [1.54, 1.807) is 0 Å². The van der Waals surface area contributed by atoms with E-state index < -0.39 is 0 Å². The molecule has 1 aliphatic carbocycles. The van der Waals surface area contributed by atoms with E-state index in [0.717, 1.165) is 11.3 Å². The third kappa shape index (κ3) is 1.90. The van der Waals surface area contributed by atoms with Gasteiger partial charge in [-0.05, 0) is 48.9 Å². The van der Waals surface area contributed by atoms with Gasteiger partial charge >= 0.3 is 0 Å². The fraction of sp³-hybridized carbons (Fsp3) is 0.500. The Hall–Kier alpha value is -1.02. The molecular weight excluding hydrogens is 176 g/mol. The van der Waals surface area contributed by atoms with Crippen LogP contribution in [0, 0.1) is 0 Å². The first kappa shape index (κ1) is 9.53. The maximum Gasteiger partial charge on any atom is 0.122 e. The fourth-order valence-electron chi connectivity index (χ4n) is 1.70. The van der Waals surface area contributed by atoms with Crippen LogP contribution < -0.4 is 4.74 Å². The van der Waals surface area contributed by atoms with Crippen LogP contribution in [-0.4, -0.2) is 11.7 Å². The van der Waals surface area contributed by atoms with Crippen molar-refractivity contribution >= 4 is 0 Å². The van der Waals surface area contributed by atoms with Gasteiger partial charge in [0.1, 0.15) is 5.75 Å². The minimum absolute atomic E-state index is 0.117. The lowest BCUT2D eigenvalue weighted by Crippen LogP contribution is -1.97. The Kier molecular flexibility index (Phi) is 2.73. The lowest BCUT2D eigenvalue weighted by Gasteiger charge is -2.10. The molecule has 2 heteroatoms. The highest BCUT2D eigenvalue weighted by Crippen LogP contribution is 2.44. The van der Waals surface area contributed by atoms with Gasteiger partial charge in [-0.25, -0.2) is 0 Å². The highest BCUT2D eigenvalue weighted by molar-refractivity contribution is 5.41. The van der Waals surface area contributed by atoms with Gasteiger partial charge in [0.25, 0.3) is 0 Å². The summed E-state index contributed by atoms with van der Waals surface area (Å²) >= 11 is 0. The number of aliphatic hydroxyl groups excluding tert-OH is 1. The summed E-state index contributed by atoms with van der Waals surface area (Å²) in [6.45, 7) is 2.82. The molecular formula is C12H16O2. The molecule has 0 aliphatic heterocycles. The molecule has 0 aromatic heterocycles. The second-order valence-electron chi connectivity index (χ2n) is 3.74. The third-order valence-electron chi connectivity index (χ3n) is 2.57. The van der Waals surface area contributed by atoms with Crippen LogP contribution in [0.2, 0.25) is 0 Å². The maximum absolute atomic E-state index is 9.04. The Morgan fingerprint density at radius 2 is 2.21 bits per heavy atom. The van der Waals surface area contributed by atoms with Gasteiger partial charge in [0, 0.05) is 0 Å². The summed E-state index contributed by atoms with van der Waals surface area (Å²) < 4.78 is 5.56. The second-order valence-corrected chi connectivity index (χ2v) is 3.74. The van der Waals surface area contributed by atoms with Crippen molar-refractivity contribution in [2.45, 2.75) is 32.3 Å². The Balaban J connectivity index is 2.29. The van der Waals surface area contributed by atoms with E-state index in [4.69, 9.17) is 9.84 Å². The molecule has 0 atom stereocenters. The molecule has 0 bridgehead atoms. The zero-order valence-corrected chi connectivity index (χ0v) is 8.49. The summed E-state index contributed by atoms with van der Waals surface area (Å²) in [6.07, 6.45) is 2.52. The standard InChI is InChI=1S/C12H16O2/c1-2-14-12-6-3-9(8-13)7-11(12)10-4-5-10/h3,6-7,10,13H,2,4-5,8H2,1H3. The molecule has 0 radical (unpaired) electrons. The van der Waals surface area contributed by atoms with Crippen LogP contribution in [0.4, 0.5) is 0 Å². The molecule has 14 heavy (non-hydrogen) atoms. The van der Waals surface area contributed by atoms with Gasteiger partial charge in [-0.1, -0.05) is 6.07 Å². The first-order chi connectivity index (χ1) is 6.85. The maximum atomic E-state index is 9.04. The molecule has 2 rings (SSSR count). The Bertz CT molecular complexity index is 316. The van der Waals surface area contributed by atoms with Crippen molar-refractivity contribution in [3.8, 4) is 5.75 Å². The van der Waals surface area contributed by atoms with Crippen LogP contribution in [0.1, 0.15) is 36.8 Å². The predicted molar refractivity (Wildman–Crippen MR) is 55.5 cm³/mol. The Labute approximate surface area is 84.5 Å². The summed E-state index contributed by atoms with van der Waals surface area (Å²) in [5, 5.41) is 9.04. The van der Waals surface area contributed by atoms with Gasteiger partial charge in [-0.2, -0.15) is 0 Å². The van der Waals surface area contributed by atoms with Gasteiger partial charge in [0.2, 0.25) is 0 Å². The fourth-order valence-corrected chi connectivity index (χ4v) is 1.70. The highest BCUT2D eigenvalue weighted by atomic mass is 16.5. The minimum Gasteiger partial charge on any atom is -0.494 e. The van der Waals surface area contributed by atoms with E-state index in [0.29, 0.717) is 12.5 Å². The van der Waals surface area contributed by atoms with E-state index in [2.05, 4.69) is 6.07 Å². The summed E-state index contributed by atoms with van der Waals surface area (Å²) in [5.41, 5.74) is 2.26. The first-order valence-electron chi connectivity index (χ1n) is 5.21. The van der Waals surface area contributed by atoms with Gasteiger partial charge in [-0.15, -0.1) is 0 Å².